The fourth-order valence-electron chi connectivity index (χ4n) is 2.64. The van der Waals surface area contributed by atoms with E-state index in [1.165, 1.54) is 0 Å². The van der Waals surface area contributed by atoms with Gasteiger partial charge in [-0.2, -0.15) is 0 Å². The molecule has 1 rings (SSSR count). The molecule has 0 aliphatic heterocycles. The Labute approximate surface area is 175 Å². The highest BCUT2D eigenvalue weighted by Gasteiger charge is 2.53. The average Bonchev–Trinajstić information content (AvgIpc) is 2.40. The second-order valence-electron chi connectivity index (χ2n) is 6.48. The highest BCUT2D eigenvalue weighted by Crippen LogP contribution is 2.53. The molecule has 146 valence electrons. The number of carbonyl (C=O) groups is 2. The van der Waals surface area contributed by atoms with Crippen molar-refractivity contribution >= 4 is 81.4 Å². The predicted molar refractivity (Wildman–Crippen MR) is 98.9 cm³/mol. The molecule has 4 atom stereocenters. The SMILES string of the molecule is CC1(C)[C@H](CC(=O)N[C@H](O)C(Cl)(Cl)Cl)C[C@@H]1C(=O)N[C@@H](O)C(Cl)(Cl)Cl. The molecule has 0 spiro atoms. The summed E-state index contributed by atoms with van der Waals surface area (Å²) >= 11 is 32.9. The molecule has 0 bridgehead atoms. The van der Waals surface area contributed by atoms with Crippen molar-refractivity contribution in [1.82, 2.24) is 10.6 Å². The third-order valence-electron chi connectivity index (χ3n) is 4.42. The zero-order valence-corrected chi connectivity index (χ0v) is 17.7. The van der Waals surface area contributed by atoms with E-state index in [1.807, 2.05) is 0 Å². The van der Waals surface area contributed by atoms with Crippen molar-refractivity contribution in [2.24, 2.45) is 17.3 Å². The number of aliphatic hydroxyl groups excluding tert-OH is 2. The highest BCUT2D eigenvalue weighted by molar-refractivity contribution is 6.68. The third kappa shape index (κ3) is 6.32. The molecule has 2 amide bonds. The van der Waals surface area contributed by atoms with Gasteiger partial charge in [0.25, 0.3) is 0 Å². The summed E-state index contributed by atoms with van der Waals surface area (Å²) in [5, 5.41) is 23.6. The van der Waals surface area contributed by atoms with Crippen molar-refractivity contribution in [3.05, 3.63) is 0 Å². The van der Waals surface area contributed by atoms with E-state index in [9.17, 15) is 19.8 Å². The molecule has 0 aromatic carbocycles. The molecule has 12 heteroatoms. The smallest absolute Gasteiger partial charge is 0.234 e. The maximum Gasteiger partial charge on any atom is 0.234 e. The Balaban J connectivity index is 2.58. The minimum Gasteiger partial charge on any atom is -0.369 e. The molecular weight excluding hydrogens is 461 g/mol. The van der Waals surface area contributed by atoms with Gasteiger partial charge >= 0.3 is 0 Å². The van der Waals surface area contributed by atoms with Gasteiger partial charge in [-0.15, -0.1) is 0 Å². The first kappa shape index (κ1) is 23.6. The minimum absolute atomic E-state index is 0.0294. The second kappa shape index (κ2) is 8.31. The minimum atomic E-state index is -2.05. The van der Waals surface area contributed by atoms with E-state index in [1.54, 1.807) is 13.8 Å². The monoisotopic (exact) mass is 476 g/mol. The van der Waals surface area contributed by atoms with Gasteiger partial charge < -0.3 is 20.8 Å². The first-order valence-corrected chi connectivity index (χ1v) is 9.43. The van der Waals surface area contributed by atoms with E-state index >= 15 is 0 Å². The molecular formula is C13H18Cl6N2O4. The number of hydrogen-bond donors (Lipinski definition) is 4. The highest BCUT2D eigenvalue weighted by atomic mass is 35.6. The molecule has 0 radical (unpaired) electrons. The number of amides is 2. The molecule has 0 aromatic heterocycles. The van der Waals surface area contributed by atoms with Gasteiger partial charge in [-0.25, -0.2) is 0 Å². The molecule has 1 aliphatic rings. The van der Waals surface area contributed by atoms with Crippen LogP contribution in [0.5, 0.6) is 0 Å². The van der Waals surface area contributed by atoms with Crippen LogP contribution in [0.25, 0.3) is 0 Å². The molecule has 1 aliphatic carbocycles. The standard InChI is InChI=1S/C13H18Cl6N2O4/c1-11(2)5(4-7(22)20-9(24)12(14,15)16)3-6(11)8(23)21-10(25)13(17,18)19/h5-6,9-10,24-25H,3-4H2,1-2H3,(H,20,22)(H,21,23)/t5-,6+,9+,10-/m0/s1. The lowest BCUT2D eigenvalue weighted by molar-refractivity contribution is -0.147. The van der Waals surface area contributed by atoms with Crippen LogP contribution in [0.2, 0.25) is 0 Å². The van der Waals surface area contributed by atoms with Crippen LogP contribution in [0.1, 0.15) is 26.7 Å². The Kier molecular flexibility index (Phi) is 7.86. The first-order valence-electron chi connectivity index (χ1n) is 7.16. The Bertz CT molecular complexity index is 520. The third-order valence-corrected chi connectivity index (χ3v) is 5.66. The number of aliphatic hydroxyl groups is 2. The number of halogens is 6. The second-order valence-corrected chi connectivity index (χ2v) is 11.2. The summed E-state index contributed by atoms with van der Waals surface area (Å²) in [6.45, 7) is 3.59. The molecule has 0 unspecified atom stereocenters. The number of hydrogen-bond acceptors (Lipinski definition) is 4. The van der Waals surface area contributed by atoms with Crippen molar-refractivity contribution in [3.8, 4) is 0 Å². The van der Waals surface area contributed by atoms with Gasteiger partial charge in [0.1, 0.15) is 0 Å². The Morgan fingerprint density at radius 1 is 1.04 bits per heavy atom. The van der Waals surface area contributed by atoms with Crippen LogP contribution in [0.4, 0.5) is 0 Å². The number of rotatable bonds is 5. The fourth-order valence-corrected chi connectivity index (χ4v) is 2.97. The molecule has 6 nitrogen and oxygen atoms in total. The molecule has 4 N–H and O–H groups in total. The van der Waals surface area contributed by atoms with Crippen LogP contribution in [0.15, 0.2) is 0 Å². The lowest BCUT2D eigenvalue weighted by Gasteiger charge is -2.51. The van der Waals surface area contributed by atoms with Gasteiger partial charge in [0, 0.05) is 12.3 Å². The summed E-state index contributed by atoms with van der Waals surface area (Å²) in [5.41, 5.74) is -0.556. The zero-order valence-electron chi connectivity index (χ0n) is 13.2. The first-order chi connectivity index (χ1) is 11.1. The van der Waals surface area contributed by atoms with Crippen LogP contribution in [0, 0.1) is 17.3 Å². The van der Waals surface area contributed by atoms with E-state index in [-0.39, 0.29) is 12.3 Å². The number of alkyl halides is 6. The molecule has 0 aromatic rings. The van der Waals surface area contributed by atoms with Crippen molar-refractivity contribution < 1.29 is 19.8 Å². The number of carbonyl (C=O) groups excluding carboxylic acids is 2. The van der Waals surface area contributed by atoms with Gasteiger partial charge in [0.05, 0.1) is 0 Å². The number of nitrogens with one attached hydrogen (secondary N) is 2. The lowest BCUT2D eigenvalue weighted by Crippen LogP contribution is -2.57. The van der Waals surface area contributed by atoms with Crippen molar-refractivity contribution in [2.75, 3.05) is 0 Å². The van der Waals surface area contributed by atoms with Gasteiger partial charge in [-0.1, -0.05) is 83.5 Å². The zero-order chi connectivity index (χ0) is 19.8. The van der Waals surface area contributed by atoms with Gasteiger partial charge in [-0.05, 0) is 17.8 Å². The van der Waals surface area contributed by atoms with Gasteiger partial charge in [-0.3, -0.25) is 9.59 Å². The lowest BCUT2D eigenvalue weighted by atomic mass is 9.53. The Morgan fingerprint density at radius 2 is 1.48 bits per heavy atom. The summed E-state index contributed by atoms with van der Waals surface area (Å²) < 4.78 is -4.09. The average molecular weight is 479 g/mol. The van der Waals surface area contributed by atoms with Crippen molar-refractivity contribution in [1.29, 1.82) is 0 Å². The normalized spacial score (nSPS) is 25.5. The topological polar surface area (TPSA) is 98.7 Å². The summed E-state index contributed by atoms with van der Waals surface area (Å²) in [6.07, 6.45) is -2.89. The van der Waals surface area contributed by atoms with Crippen LogP contribution in [-0.4, -0.2) is 42.1 Å². The molecule has 25 heavy (non-hydrogen) atoms. The van der Waals surface area contributed by atoms with Crippen LogP contribution >= 0.6 is 69.6 Å². The fraction of sp³-hybridized carbons (Fsp3) is 0.846. The predicted octanol–water partition coefficient (Wildman–Crippen LogP) is 2.65. The maximum atomic E-state index is 12.2. The molecule has 1 saturated carbocycles. The quantitative estimate of drug-likeness (QED) is 0.360. The summed E-state index contributed by atoms with van der Waals surface area (Å²) in [4.78, 5) is 24.1. The van der Waals surface area contributed by atoms with E-state index in [2.05, 4.69) is 10.6 Å². The Morgan fingerprint density at radius 3 is 1.88 bits per heavy atom. The maximum absolute atomic E-state index is 12.2. The van der Waals surface area contributed by atoms with Crippen LogP contribution in [-0.2, 0) is 9.59 Å². The largest absolute Gasteiger partial charge is 0.369 e. The van der Waals surface area contributed by atoms with Crippen LogP contribution in [0.3, 0.4) is 0 Å². The van der Waals surface area contributed by atoms with Crippen molar-refractivity contribution in [3.63, 3.8) is 0 Å². The van der Waals surface area contributed by atoms with Gasteiger partial charge in [0.2, 0.25) is 19.4 Å². The summed E-state index contributed by atoms with van der Waals surface area (Å²) in [7, 11) is 0. The van der Waals surface area contributed by atoms with E-state index in [0.29, 0.717) is 6.42 Å². The molecule has 0 saturated heterocycles. The summed E-state index contributed by atoms with van der Waals surface area (Å²) in [5.74, 6) is -1.64. The van der Waals surface area contributed by atoms with Gasteiger partial charge in [0.15, 0.2) is 12.5 Å². The Hall–Kier alpha value is 0.600. The molecule has 1 fully saturated rings. The van der Waals surface area contributed by atoms with E-state index < -0.39 is 43.2 Å². The van der Waals surface area contributed by atoms with Crippen LogP contribution < -0.4 is 10.6 Å². The molecule has 0 heterocycles. The van der Waals surface area contributed by atoms with Crippen molar-refractivity contribution in [2.45, 2.75) is 46.7 Å². The summed E-state index contributed by atoms with van der Waals surface area (Å²) in [6, 6.07) is 0. The van der Waals surface area contributed by atoms with E-state index in [4.69, 9.17) is 69.6 Å². The van der Waals surface area contributed by atoms with E-state index in [0.717, 1.165) is 0 Å².